The first-order valence-corrected chi connectivity index (χ1v) is 6.79. The van der Waals surface area contributed by atoms with Crippen LogP contribution < -0.4 is 0 Å². The molecule has 0 aliphatic heterocycles. The molecular formula is C15H24FNO2. The zero-order valence-electron chi connectivity index (χ0n) is 11.8. The second-order valence-electron chi connectivity index (χ2n) is 4.77. The van der Waals surface area contributed by atoms with Crippen LogP contribution in [0.15, 0.2) is 24.3 Å². The first kappa shape index (κ1) is 16.1. The highest BCUT2D eigenvalue weighted by Gasteiger charge is 2.10. The van der Waals surface area contributed by atoms with E-state index in [2.05, 4.69) is 4.90 Å². The maximum absolute atomic E-state index is 12.9. The highest BCUT2D eigenvalue weighted by atomic mass is 19.1. The van der Waals surface area contributed by atoms with E-state index in [-0.39, 0.29) is 11.9 Å². The summed E-state index contributed by atoms with van der Waals surface area (Å²) in [6.07, 6.45) is 1.35. The molecule has 0 aromatic heterocycles. The fraction of sp³-hybridized carbons (Fsp3) is 0.600. The number of hydrogen-bond donors (Lipinski definition) is 1. The van der Waals surface area contributed by atoms with Crippen molar-refractivity contribution in [2.24, 2.45) is 0 Å². The second-order valence-corrected chi connectivity index (χ2v) is 4.77. The SMILES string of the molecule is CCC(O)CN(CCCOC)Cc1ccc(F)cc1. The van der Waals surface area contributed by atoms with Gasteiger partial charge in [0.15, 0.2) is 0 Å². The Morgan fingerprint density at radius 2 is 2.00 bits per heavy atom. The minimum atomic E-state index is -0.317. The van der Waals surface area contributed by atoms with Crippen molar-refractivity contribution in [3.63, 3.8) is 0 Å². The summed E-state index contributed by atoms with van der Waals surface area (Å²) in [4.78, 5) is 2.18. The summed E-state index contributed by atoms with van der Waals surface area (Å²) in [6.45, 7) is 4.90. The Balaban J connectivity index is 2.53. The smallest absolute Gasteiger partial charge is 0.123 e. The summed E-state index contributed by atoms with van der Waals surface area (Å²) in [7, 11) is 1.69. The van der Waals surface area contributed by atoms with Crippen molar-refractivity contribution in [3.05, 3.63) is 35.6 Å². The molecule has 0 aliphatic rings. The van der Waals surface area contributed by atoms with Gasteiger partial charge in [-0.25, -0.2) is 4.39 Å². The molecule has 3 nitrogen and oxygen atoms in total. The van der Waals surface area contributed by atoms with Crippen LogP contribution in [-0.4, -0.2) is 42.9 Å². The van der Waals surface area contributed by atoms with Gasteiger partial charge in [-0.2, -0.15) is 0 Å². The van der Waals surface area contributed by atoms with E-state index in [1.165, 1.54) is 12.1 Å². The van der Waals surface area contributed by atoms with Crippen molar-refractivity contribution in [1.82, 2.24) is 4.90 Å². The first-order chi connectivity index (χ1) is 9.15. The Hall–Kier alpha value is -0.970. The van der Waals surface area contributed by atoms with Crippen LogP contribution in [0.4, 0.5) is 4.39 Å². The highest BCUT2D eigenvalue weighted by Crippen LogP contribution is 2.08. The molecule has 0 bridgehead atoms. The summed E-state index contributed by atoms with van der Waals surface area (Å²) >= 11 is 0. The predicted molar refractivity (Wildman–Crippen MR) is 74.5 cm³/mol. The molecule has 1 atom stereocenters. The molecule has 1 N–H and O–H groups in total. The molecular weight excluding hydrogens is 245 g/mol. The lowest BCUT2D eigenvalue weighted by Gasteiger charge is -2.24. The van der Waals surface area contributed by atoms with Crippen molar-refractivity contribution in [3.8, 4) is 0 Å². The molecule has 108 valence electrons. The molecule has 0 spiro atoms. The highest BCUT2D eigenvalue weighted by molar-refractivity contribution is 5.15. The number of methoxy groups -OCH3 is 1. The average Bonchev–Trinajstić information content (AvgIpc) is 2.41. The number of ether oxygens (including phenoxy) is 1. The van der Waals surface area contributed by atoms with Crippen LogP contribution in [0.3, 0.4) is 0 Å². The molecule has 0 aliphatic carbocycles. The third-order valence-corrected chi connectivity index (χ3v) is 3.08. The third-order valence-electron chi connectivity index (χ3n) is 3.08. The predicted octanol–water partition coefficient (Wildman–Crippen LogP) is 2.44. The summed E-state index contributed by atoms with van der Waals surface area (Å²) in [5.41, 5.74) is 1.06. The normalized spacial score (nSPS) is 12.9. The third kappa shape index (κ3) is 6.66. The Bertz CT molecular complexity index is 343. The number of rotatable bonds is 9. The van der Waals surface area contributed by atoms with E-state index in [9.17, 15) is 9.50 Å². The molecule has 4 heteroatoms. The Morgan fingerprint density at radius 1 is 1.32 bits per heavy atom. The summed E-state index contributed by atoms with van der Waals surface area (Å²) in [5.74, 6) is -0.219. The van der Waals surface area contributed by atoms with Gasteiger partial charge in [-0.05, 0) is 30.5 Å². The van der Waals surface area contributed by atoms with Crippen LogP contribution in [0.25, 0.3) is 0 Å². The quantitative estimate of drug-likeness (QED) is 0.699. The van der Waals surface area contributed by atoms with Crippen LogP contribution in [0.2, 0.25) is 0 Å². The van der Waals surface area contributed by atoms with Crippen molar-refractivity contribution < 1.29 is 14.2 Å². The lowest BCUT2D eigenvalue weighted by molar-refractivity contribution is 0.0968. The van der Waals surface area contributed by atoms with Gasteiger partial charge in [0, 0.05) is 33.4 Å². The lowest BCUT2D eigenvalue weighted by atomic mass is 10.2. The number of benzene rings is 1. The molecule has 19 heavy (non-hydrogen) atoms. The van der Waals surface area contributed by atoms with E-state index in [0.29, 0.717) is 13.2 Å². The maximum atomic E-state index is 12.9. The van der Waals surface area contributed by atoms with Gasteiger partial charge in [-0.15, -0.1) is 0 Å². The number of aliphatic hydroxyl groups is 1. The molecule has 1 rings (SSSR count). The second kappa shape index (κ2) is 9.02. The van der Waals surface area contributed by atoms with Crippen molar-refractivity contribution >= 4 is 0 Å². The number of aliphatic hydroxyl groups excluding tert-OH is 1. The van der Waals surface area contributed by atoms with Crippen molar-refractivity contribution in [2.75, 3.05) is 26.8 Å². The van der Waals surface area contributed by atoms with Gasteiger partial charge in [0.1, 0.15) is 5.82 Å². The van der Waals surface area contributed by atoms with Crippen LogP contribution in [-0.2, 0) is 11.3 Å². The Labute approximate surface area is 115 Å². The van der Waals surface area contributed by atoms with Gasteiger partial charge >= 0.3 is 0 Å². The Kier molecular flexibility index (Phi) is 7.63. The van der Waals surface area contributed by atoms with E-state index in [1.54, 1.807) is 19.2 Å². The molecule has 1 aromatic carbocycles. The molecule has 0 saturated carbocycles. The van der Waals surface area contributed by atoms with Crippen LogP contribution in [0.5, 0.6) is 0 Å². The number of halogens is 1. The molecule has 0 amide bonds. The standard InChI is InChI=1S/C15H24FNO2/c1-3-15(18)12-17(9-4-10-19-2)11-13-5-7-14(16)8-6-13/h5-8,15,18H,3-4,9-12H2,1-2H3. The van der Waals surface area contributed by atoms with Gasteiger partial charge in [0.05, 0.1) is 6.10 Å². The zero-order valence-corrected chi connectivity index (χ0v) is 11.8. The van der Waals surface area contributed by atoms with Gasteiger partial charge in [0.25, 0.3) is 0 Å². The van der Waals surface area contributed by atoms with E-state index in [4.69, 9.17) is 4.74 Å². The van der Waals surface area contributed by atoms with Crippen molar-refractivity contribution in [2.45, 2.75) is 32.4 Å². The van der Waals surface area contributed by atoms with Crippen LogP contribution in [0.1, 0.15) is 25.3 Å². The molecule has 1 aromatic rings. The maximum Gasteiger partial charge on any atom is 0.123 e. The Morgan fingerprint density at radius 3 is 2.58 bits per heavy atom. The van der Waals surface area contributed by atoms with E-state index < -0.39 is 0 Å². The van der Waals surface area contributed by atoms with Gasteiger partial charge in [-0.3, -0.25) is 4.90 Å². The van der Waals surface area contributed by atoms with Crippen LogP contribution >= 0.6 is 0 Å². The average molecular weight is 269 g/mol. The molecule has 0 saturated heterocycles. The van der Waals surface area contributed by atoms with Crippen LogP contribution in [0, 0.1) is 5.82 Å². The fourth-order valence-electron chi connectivity index (χ4n) is 1.94. The molecule has 0 fully saturated rings. The summed E-state index contributed by atoms with van der Waals surface area (Å²) < 4.78 is 17.9. The minimum absolute atomic E-state index is 0.219. The summed E-state index contributed by atoms with van der Waals surface area (Å²) in [5, 5.41) is 9.77. The minimum Gasteiger partial charge on any atom is -0.392 e. The first-order valence-electron chi connectivity index (χ1n) is 6.79. The van der Waals surface area contributed by atoms with E-state index >= 15 is 0 Å². The monoisotopic (exact) mass is 269 g/mol. The largest absolute Gasteiger partial charge is 0.392 e. The topological polar surface area (TPSA) is 32.7 Å². The van der Waals surface area contributed by atoms with Gasteiger partial charge < -0.3 is 9.84 Å². The fourth-order valence-corrected chi connectivity index (χ4v) is 1.94. The molecule has 0 heterocycles. The van der Waals surface area contributed by atoms with Gasteiger partial charge in [0.2, 0.25) is 0 Å². The number of nitrogens with zero attached hydrogens (tertiary/aromatic N) is 1. The van der Waals surface area contributed by atoms with E-state index in [1.807, 2.05) is 6.92 Å². The zero-order chi connectivity index (χ0) is 14.1. The number of hydrogen-bond acceptors (Lipinski definition) is 3. The summed E-state index contributed by atoms with van der Waals surface area (Å²) in [6, 6.07) is 6.52. The van der Waals surface area contributed by atoms with Crippen molar-refractivity contribution in [1.29, 1.82) is 0 Å². The molecule has 0 radical (unpaired) electrons. The lowest BCUT2D eigenvalue weighted by Crippen LogP contribution is -2.33. The molecule has 1 unspecified atom stereocenters. The van der Waals surface area contributed by atoms with E-state index in [0.717, 1.165) is 31.5 Å². The van der Waals surface area contributed by atoms with Gasteiger partial charge in [-0.1, -0.05) is 19.1 Å².